The van der Waals surface area contributed by atoms with Crippen LogP contribution in [-0.2, 0) is 11.2 Å². The Balaban J connectivity index is 2.74. The molecule has 3 nitrogen and oxygen atoms in total. The van der Waals surface area contributed by atoms with Crippen LogP contribution in [0, 0.1) is 0 Å². The minimum Gasteiger partial charge on any atom is -0.493 e. The lowest BCUT2D eigenvalue weighted by molar-refractivity contribution is -0.133. The Bertz CT molecular complexity index is 461. The highest BCUT2D eigenvalue weighted by Gasteiger charge is 2.09. The summed E-state index contributed by atoms with van der Waals surface area (Å²) < 4.78 is 10.5. The van der Waals surface area contributed by atoms with Gasteiger partial charge >= 0.3 is 5.97 Å². The molecule has 0 N–H and O–H groups in total. The molecular weight excluding hydrogens is 240 g/mol. The Morgan fingerprint density at radius 3 is 2.74 bits per heavy atom. The molecule has 0 heterocycles. The number of esters is 1. The summed E-state index contributed by atoms with van der Waals surface area (Å²) in [6.07, 6.45) is 7.49. The minimum absolute atomic E-state index is 0.269. The van der Waals surface area contributed by atoms with E-state index in [1.807, 2.05) is 31.2 Å². The standard InChI is InChI=1S/C16H20O3/c1-4-6-7-9-16(17)19-14-11-10-13(8-5-2)12-15(14)18-3/h5-7,10-12H,2,4,8-9H2,1,3H3/b7-6+. The van der Waals surface area contributed by atoms with Crippen LogP contribution in [0.3, 0.4) is 0 Å². The lowest BCUT2D eigenvalue weighted by atomic mass is 10.1. The van der Waals surface area contributed by atoms with Gasteiger partial charge in [0.15, 0.2) is 11.5 Å². The summed E-state index contributed by atoms with van der Waals surface area (Å²) >= 11 is 0. The molecule has 0 spiro atoms. The normalized spacial score (nSPS) is 10.4. The van der Waals surface area contributed by atoms with Crippen LogP contribution < -0.4 is 9.47 Å². The molecule has 19 heavy (non-hydrogen) atoms. The summed E-state index contributed by atoms with van der Waals surface area (Å²) in [7, 11) is 1.56. The van der Waals surface area contributed by atoms with Gasteiger partial charge in [0.1, 0.15) is 0 Å². The number of methoxy groups -OCH3 is 1. The van der Waals surface area contributed by atoms with Crippen molar-refractivity contribution in [3.05, 3.63) is 48.6 Å². The molecule has 0 saturated heterocycles. The van der Waals surface area contributed by atoms with Crippen molar-refractivity contribution >= 4 is 5.97 Å². The molecule has 0 atom stereocenters. The zero-order chi connectivity index (χ0) is 14.1. The maximum atomic E-state index is 11.6. The molecule has 0 bridgehead atoms. The number of carbonyl (C=O) groups is 1. The fourth-order valence-corrected chi connectivity index (χ4v) is 1.60. The van der Waals surface area contributed by atoms with E-state index in [0.717, 1.165) is 18.4 Å². The van der Waals surface area contributed by atoms with Gasteiger partial charge in [-0.05, 0) is 30.5 Å². The Labute approximate surface area is 114 Å². The van der Waals surface area contributed by atoms with E-state index in [-0.39, 0.29) is 12.4 Å². The number of rotatable bonds is 7. The van der Waals surface area contributed by atoms with Gasteiger partial charge in [0.2, 0.25) is 0 Å². The van der Waals surface area contributed by atoms with E-state index in [9.17, 15) is 4.79 Å². The van der Waals surface area contributed by atoms with Crippen molar-refractivity contribution in [2.45, 2.75) is 26.2 Å². The molecule has 1 aromatic rings. The number of benzene rings is 1. The molecule has 0 aromatic heterocycles. The summed E-state index contributed by atoms with van der Waals surface area (Å²) in [4.78, 5) is 11.6. The van der Waals surface area contributed by atoms with Crippen molar-refractivity contribution in [2.24, 2.45) is 0 Å². The monoisotopic (exact) mass is 260 g/mol. The molecule has 0 radical (unpaired) electrons. The average molecular weight is 260 g/mol. The van der Waals surface area contributed by atoms with Gasteiger partial charge in [-0.25, -0.2) is 0 Å². The lowest BCUT2D eigenvalue weighted by Crippen LogP contribution is -2.07. The molecule has 0 aliphatic carbocycles. The van der Waals surface area contributed by atoms with E-state index in [2.05, 4.69) is 6.58 Å². The first-order chi connectivity index (χ1) is 9.21. The number of hydrogen-bond donors (Lipinski definition) is 0. The average Bonchev–Trinajstić information content (AvgIpc) is 2.41. The quantitative estimate of drug-likeness (QED) is 0.426. The maximum absolute atomic E-state index is 11.6. The van der Waals surface area contributed by atoms with Gasteiger partial charge in [0.25, 0.3) is 0 Å². The van der Waals surface area contributed by atoms with Crippen molar-refractivity contribution in [3.8, 4) is 11.5 Å². The van der Waals surface area contributed by atoms with Gasteiger partial charge in [-0.3, -0.25) is 4.79 Å². The highest BCUT2D eigenvalue weighted by Crippen LogP contribution is 2.28. The summed E-state index contributed by atoms with van der Waals surface area (Å²) in [5.74, 6) is 0.719. The molecule has 0 aliphatic rings. The summed E-state index contributed by atoms with van der Waals surface area (Å²) in [5, 5.41) is 0. The second kappa shape index (κ2) is 8.14. The van der Waals surface area contributed by atoms with Gasteiger partial charge in [-0.1, -0.05) is 31.2 Å². The second-order valence-corrected chi connectivity index (χ2v) is 4.04. The van der Waals surface area contributed by atoms with Crippen molar-refractivity contribution in [1.82, 2.24) is 0 Å². The van der Waals surface area contributed by atoms with E-state index in [1.54, 1.807) is 19.3 Å². The predicted octanol–water partition coefficient (Wildman–Crippen LogP) is 3.69. The third-order valence-corrected chi connectivity index (χ3v) is 2.52. The minimum atomic E-state index is -0.292. The summed E-state index contributed by atoms with van der Waals surface area (Å²) in [6, 6.07) is 5.50. The van der Waals surface area contributed by atoms with Crippen LogP contribution in [0.25, 0.3) is 0 Å². The van der Waals surface area contributed by atoms with Crippen LogP contribution >= 0.6 is 0 Å². The fourth-order valence-electron chi connectivity index (χ4n) is 1.60. The number of hydrogen-bond acceptors (Lipinski definition) is 3. The van der Waals surface area contributed by atoms with Crippen LogP contribution in [-0.4, -0.2) is 13.1 Å². The van der Waals surface area contributed by atoms with E-state index in [4.69, 9.17) is 9.47 Å². The first-order valence-electron chi connectivity index (χ1n) is 6.34. The Hall–Kier alpha value is -2.03. The first-order valence-corrected chi connectivity index (χ1v) is 6.34. The molecule has 0 amide bonds. The summed E-state index contributed by atoms with van der Waals surface area (Å²) in [5.41, 5.74) is 1.07. The number of allylic oxidation sites excluding steroid dienone is 2. The van der Waals surface area contributed by atoms with Crippen LogP contribution in [0.1, 0.15) is 25.3 Å². The largest absolute Gasteiger partial charge is 0.493 e. The van der Waals surface area contributed by atoms with E-state index in [1.165, 1.54) is 0 Å². The van der Waals surface area contributed by atoms with Crippen LogP contribution in [0.2, 0.25) is 0 Å². The van der Waals surface area contributed by atoms with Gasteiger partial charge in [-0.2, -0.15) is 0 Å². The predicted molar refractivity (Wildman–Crippen MR) is 76.6 cm³/mol. The second-order valence-electron chi connectivity index (χ2n) is 4.04. The summed E-state index contributed by atoms with van der Waals surface area (Å²) in [6.45, 7) is 5.71. The lowest BCUT2D eigenvalue weighted by Gasteiger charge is -2.09. The van der Waals surface area contributed by atoms with Gasteiger partial charge in [0, 0.05) is 0 Å². The smallest absolute Gasteiger partial charge is 0.315 e. The van der Waals surface area contributed by atoms with E-state index < -0.39 is 0 Å². The molecule has 1 rings (SSSR count). The fraction of sp³-hybridized carbons (Fsp3) is 0.312. The molecule has 0 aliphatic heterocycles. The van der Waals surface area contributed by atoms with Gasteiger partial charge < -0.3 is 9.47 Å². The molecular formula is C16H20O3. The van der Waals surface area contributed by atoms with Gasteiger partial charge in [-0.15, -0.1) is 6.58 Å². The van der Waals surface area contributed by atoms with Gasteiger partial charge in [0.05, 0.1) is 13.5 Å². The van der Waals surface area contributed by atoms with Crippen molar-refractivity contribution in [1.29, 1.82) is 0 Å². The first kappa shape index (κ1) is 15.0. The van der Waals surface area contributed by atoms with E-state index >= 15 is 0 Å². The molecule has 0 unspecified atom stereocenters. The number of carbonyl (C=O) groups excluding carboxylic acids is 1. The van der Waals surface area contributed by atoms with Crippen molar-refractivity contribution < 1.29 is 14.3 Å². The molecule has 0 fully saturated rings. The number of ether oxygens (including phenoxy) is 2. The van der Waals surface area contributed by atoms with Crippen LogP contribution in [0.15, 0.2) is 43.0 Å². The molecule has 3 heteroatoms. The Kier molecular flexibility index (Phi) is 6.44. The van der Waals surface area contributed by atoms with Crippen LogP contribution in [0.4, 0.5) is 0 Å². The Morgan fingerprint density at radius 1 is 1.32 bits per heavy atom. The Morgan fingerprint density at radius 2 is 2.11 bits per heavy atom. The maximum Gasteiger partial charge on any atom is 0.315 e. The zero-order valence-electron chi connectivity index (χ0n) is 11.5. The molecule has 102 valence electrons. The van der Waals surface area contributed by atoms with Crippen molar-refractivity contribution in [3.63, 3.8) is 0 Å². The van der Waals surface area contributed by atoms with E-state index in [0.29, 0.717) is 11.5 Å². The third kappa shape index (κ3) is 5.00. The molecule has 0 saturated carbocycles. The topological polar surface area (TPSA) is 35.5 Å². The highest BCUT2D eigenvalue weighted by atomic mass is 16.6. The molecule has 1 aromatic carbocycles. The SMILES string of the molecule is C=CCc1ccc(OC(=O)C/C=C/CC)c(OC)c1. The highest BCUT2D eigenvalue weighted by molar-refractivity contribution is 5.74. The third-order valence-electron chi connectivity index (χ3n) is 2.52. The van der Waals surface area contributed by atoms with Crippen LogP contribution in [0.5, 0.6) is 11.5 Å². The zero-order valence-corrected chi connectivity index (χ0v) is 11.5. The van der Waals surface area contributed by atoms with Crippen molar-refractivity contribution in [2.75, 3.05) is 7.11 Å².